The Kier molecular flexibility index (Phi) is 40.9. The van der Waals surface area contributed by atoms with Crippen LogP contribution in [0.25, 0.3) is 0 Å². The van der Waals surface area contributed by atoms with Gasteiger partial charge in [-0.3, -0.25) is 9.05 Å². The van der Waals surface area contributed by atoms with Crippen LogP contribution in [0.5, 0.6) is 0 Å². The van der Waals surface area contributed by atoms with Crippen molar-refractivity contribution in [2.45, 2.75) is 218 Å². The summed E-state index contributed by atoms with van der Waals surface area (Å²) in [5.41, 5.74) is 5.60. The van der Waals surface area contributed by atoms with E-state index in [1.54, 1.807) is 6.08 Å². The molecule has 0 saturated heterocycles. The molecule has 1 unspecified atom stereocenters. The molecule has 0 radical (unpaired) electrons. The maximum absolute atomic E-state index is 10.6. The highest BCUT2D eigenvalue weighted by Crippen LogP contribution is 2.36. The summed E-state index contributed by atoms with van der Waals surface area (Å²) in [4.78, 5) is 34.2. The molecule has 0 amide bonds. The van der Waals surface area contributed by atoms with E-state index in [4.69, 9.17) is 30.0 Å². The second-order valence-corrected chi connectivity index (χ2v) is 17.1. The normalized spacial score (nSPS) is 14.6. The van der Waals surface area contributed by atoms with E-state index in [0.29, 0.717) is 6.42 Å². The van der Waals surface area contributed by atoms with Crippen molar-refractivity contribution in [3.05, 3.63) is 12.2 Å². The van der Waals surface area contributed by atoms with E-state index in [1.165, 1.54) is 141 Å². The summed E-state index contributed by atoms with van der Waals surface area (Å²) in [6, 6.07) is -0.846. The van der Waals surface area contributed by atoms with Gasteiger partial charge >= 0.3 is 15.6 Å². The molecule has 9 N–H and O–H groups in total. The van der Waals surface area contributed by atoms with Crippen LogP contribution in [0.2, 0.25) is 0 Å². The zero-order valence-corrected chi connectivity index (χ0v) is 35.8. The van der Waals surface area contributed by atoms with Crippen molar-refractivity contribution in [2.24, 2.45) is 5.73 Å². The number of hydrogen-bond donors (Lipinski definition) is 8. The van der Waals surface area contributed by atoms with Gasteiger partial charge in [-0.15, -0.1) is 0 Å². The smallest absolute Gasteiger partial charge is 0.388 e. The molecule has 0 heterocycles. The maximum atomic E-state index is 10.6. The number of aliphatic hydroxyl groups is 3. The minimum absolute atomic E-state index is 0.222. The molecule has 0 spiro atoms. The van der Waals surface area contributed by atoms with Crippen LogP contribution in [0, 0.1) is 0 Å². The van der Waals surface area contributed by atoms with Gasteiger partial charge in [-0.2, -0.15) is 0 Å². The highest BCUT2D eigenvalue weighted by molar-refractivity contribution is 7.46. The molecule has 0 aromatic rings. The summed E-state index contributed by atoms with van der Waals surface area (Å²) >= 11 is 0. The van der Waals surface area contributed by atoms with Crippen LogP contribution in [-0.4, -0.2) is 79.3 Å². The number of rotatable bonds is 39. The molecule has 54 heavy (non-hydrogen) atoms. The minimum atomic E-state index is -4.59. The van der Waals surface area contributed by atoms with E-state index >= 15 is 0 Å². The maximum Gasteiger partial charge on any atom is 0.469 e. The third kappa shape index (κ3) is 47.9. The van der Waals surface area contributed by atoms with Crippen molar-refractivity contribution in [3.8, 4) is 0 Å². The van der Waals surface area contributed by atoms with Gasteiger partial charge in [0.05, 0.1) is 32.0 Å². The number of allylic oxidation sites excluding steroid dienone is 1. The molecule has 0 bridgehead atoms. The van der Waals surface area contributed by atoms with Crippen LogP contribution >= 0.6 is 15.6 Å². The Hall–Kier alpha value is -0.240. The molecule has 15 heteroatoms. The summed E-state index contributed by atoms with van der Waals surface area (Å²) < 4.78 is 34.6. The molecule has 4 atom stereocenters. The van der Waals surface area contributed by atoms with Gasteiger partial charge < -0.3 is 45.4 Å². The topological polar surface area (TPSA) is 229 Å². The van der Waals surface area contributed by atoms with Crippen LogP contribution in [0.4, 0.5) is 0 Å². The van der Waals surface area contributed by atoms with Gasteiger partial charge in [0.2, 0.25) is 0 Å². The Balaban J connectivity index is 0. The van der Waals surface area contributed by atoms with Crippen molar-refractivity contribution in [1.29, 1.82) is 0 Å². The molecular weight excluding hydrogens is 736 g/mol. The third-order valence-electron chi connectivity index (χ3n) is 9.15. The quantitative estimate of drug-likeness (QED) is 0.0125. The summed E-state index contributed by atoms with van der Waals surface area (Å²) in [6.07, 6.45) is 35.2. The van der Waals surface area contributed by atoms with Gasteiger partial charge in [-0.1, -0.05) is 180 Å². The molecule has 0 aliphatic carbocycles. The number of phosphoric acid groups is 2. The molecule has 0 saturated carbocycles. The average Bonchev–Trinajstić information content (AvgIpc) is 3.11. The monoisotopic (exact) mass is 820 g/mol. The predicted molar refractivity (Wildman–Crippen MR) is 218 cm³/mol. The first kappa shape index (κ1) is 55.9. The lowest BCUT2D eigenvalue weighted by Gasteiger charge is -2.15. The number of aliphatic hydroxyl groups excluding tert-OH is 3. The number of unbranched alkanes of at least 4 members (excludes halogenated alkanes) is 25. The molecule has 0 fully saturated rings. The Morgan fingerprint density at radius 2 is 0.870 bits per heavy atom. The summed E-state index contributed by atoms with van der Waals surface area (Å²) in [7, 11) is -9.13. The van der Waals surface area contributed by atoms with Crippen LogP contribution < -0.4 is 5.73 Å². The summed E-state index contributed by atoms with van der Waals surface area (Å²) in [6.45, 7) is 3.36. The molecule has 13 nitrogen and oxygen atoms in total. The first-order chi connectivity index (χ1) is 25.7. The fourth-order valence-electron chi connectivity index (χ4n) is 5.81. The number of ether oxygens (including phenoxy) is 1. The first-order valence-corrected chi connectivity index (χ1v) is 24.3. The van der Waals surface area contributed by atoms with Crippen molar-refractivity contribution < 1.29 is 57.8 Å². The fourth-order valence-corrected chi connectivity index (χ4v) is 6.55. The van der Waals surface area contributed by atoms with Crippen LogP contribution in [0.1, 0.15) is 194 Å². The summed E-state index contributed by atoms with van der Waals surface area (Å²) in [5, 5.41) is 28.9. The van der Waals surface area contributed by atoms with Gasteiger partial charge in [0.15, 0.2) is 6.29 Å². The molecule has 0 aromatic carbocycles. The Labute approximate surface area is 328 Å². The Morgan fingerprint density at radius 1 is 0.519 bits per heavy atom. The van der Waals surface area contributed by atoms with E-state index in [-0.39, 0.29) is 13.2 Å². The minimum Gasteiger partial charge on any atom is -0.388 e. The van der Waals surface area contributed by atoms with E-state index < -0.39 is 46.8 Å². The number of hydrogen-bond acceptors (Lipinski definition) is 9. The largest absolute Gasteiger partial charge is 0.469 e. The lowest BCUT2D eigenvalue weighted by molar-refractivity contribution is -0.129. The van der Waals surface area contributed by atoms with E-state index in [1.807, 2.05) is 6.08 Å². The van der Waals surface area contributed by atoms with Crippen molar-refractivity contribution >= 4 is 15.6 Å². The van der Waals surface area contributed by atoms with Gasteiger partial charge in [-0.25, -0.2) is 9.13 Å². The van der Waals surface area contributed by atoms with Crippen molar-refractivity contribution in [1.82, 2.24) is 0 Å². The lowest BCUT2D eigenvalue weighted by atomic mass is 10.0. The van der Waals surface area contributed by atoms with Gasteiger partial charge in [0, 0.05) is 0 Å². The fraction of sp³-hybridized carbons (Fsp3) is 0.949. The van der Waals surface area contributed by atoms with Crippen LogP contribution in [0.3, 0.4) is 0 Å². The van der Waals surface area contributed by atoms with E-state index in [9.17, 15) is 24.4 Å². The first-order valence-electron chi connectivity index (χ1n) is 21.2. The standard InChI is InChI=1S/C21H45O7P.C18H38NO5P/c1-2-3-4-5-6-7-8-9-10-11-12-13-14-15-16-17-21(23)27-18-20(22)19-28-29(24,25)26;1-2-3-4-5-6-7-8-9-10-11-12-13-14-15-18(20)17(19)16-24-25(21,22)23/h20-23H,2-19H2,1H3,(H2,24,25,26);14-15,17-18,20H,2-13,16,19H2,1H3,(H2,21,22,23)/b;15-14-/t20-,21?;17-,18+/m10/s1. The van der Waals surface area contributed by atoms with Gasteiger partial charge in [-0.05, 0) is 25.7 Å². The van der Waals surface area contributed by atoms with Crippen molar-refractivity contribution in [2.75, 3.05) is 19.8 Å². The van der Waals surface area contributed by atoms with E-state index in [0.717, 1.165) is 32.1 Å². The highest BCUT2D eigenvalue weighted by atomic mass is 31.2. The van der Waals surface area contributed by atoms with Crippen LogP contribution in [0.15, 0.2) is 12.2 Å². The van der Waals surface area contributed by atoms with E-state index in [2.05, 4.69) is 22.9 Å². The molecule has 326 valence electrons. The van der Waals surface area contributed by atoms with Gasteiger partial charge in [0.1, 0.15) is 6.10 Å². The zero-order valence-electron chi connectivity index (χ0n) is 34.0. The predicted octanol–water partition coefficient (Wildman–Crippen LogP) is 9.09. The average molecular weight is 820 g/mol. The van der Waals surface area contributed by atoms with Crippen molar-refractivity contribution in [3.63, 3.8) is 0 Å². The second-order valence-electron chi connectivity index (χ2n) is 14.7. The summed E-state index contributed by atoms with van der Waals surface area (Å²) in [5.74, 6) is 0. The molecule has 0 rings (SSSR count). The lowest BCUT2D eigenvalue weighted by Crippen LogP contribution is -2.37. The van der Waals surface area contributed by atoms with Crippen LogP contribution in [-0.2, 0) is 22.9 Å². The highest BCUT2D eigenvalue weighted by Gasteiger charge is 2.20. The zero-order chi connectivity index (χ0) is 40.8. The number of nitrogens with two attached hydrogens (primary N) is 1. The SMILES string of the molecule is CCCCCCCCCCCCC/C=C\[C@@H](O)[C@@H](N)COP(=O)(O)O.CCCCCCCCCCCCCCCCCC(O)OC[C@@H](O)COP(=O)(O)O. The Bertz CT molecular complexity index is 905. The Morgan fingerprint density at radius 3 is 1.26 bits per heavy atom. The third-order valence-corrected chi connectivity index (χ3v) is 10.1. The number of phosphoric ester groups is 2. The van der Waals surface area contributed by atoms with Gasteiger partial charge in [0.25, 0.3) is 0 Å². The molecule has 0 aromatic heterocycles. The second kappa shape index (κ2) is 39.6. The molecule has 0 aliphatic heterocycles. The molecular formula is C39H83NO12P2. The molecule has 0 aliphatic rings.